The van der Waals surface area contributed by atoms with Crippen molar-refractivity contribution in [1.82, 2.24) is 0 Å². The maximum atomic E-state index is 5.96. The summed E-state index contributed by atoms with van der Waals surface area (Å²) in [4.78, 5) is 0. The van der Waals surface area contributed by atoms with Gasteiger partial charge in [-0.1, -0.05) is 28.1 Å². The molecule has 94 valence electrons. The highest BCUT2D eigenvalue weighted by molar-refractivity contribution is 9.10. The molecule has 0 unspecified atom stereocenters. The van der Waals surface area contributed by atoms with Gasteiger partial charge in [-0.2, -0.15) is 0 Å². The van der Waals surface area contributed by atoms with Crippen LogP contribution in [0.5, 0.6) is 5.75 Å². The number of nitrogens with two attached hydrogens (primary N) is 1. The van der Waals surface area contributed by atoms with Gasteiger partial charge in [0.1, 0.15) is 12.4 Å². The molecule has 0 atom stereocenters. The van der Waals surface area contributed by atoms with E-state index in [0.717, 1.165) is 32.6 Å². The molecule has 0 heterocycles. The zero-order valence-electron chi connectivity index (χ0n) is 10.5. The second-order valence-corrected chi connectivity index (χ2v) is 5.26. The highest BCUT2D eigenvalue weighted by Crippen LogP contribution is 2.24. The summed E-state index contributed by atoms with van der Waals surface area (Å²) in [6, 6.07) is 11.9. The lowest BCUT2D eigenvalue weighted by Gasteiger charge is -2.13. The van der Waals surface area contributed by atoms with E-state index in [2.05, 4.69) is 15.9 Å². The number of anilines is 1. The Labute approximate surface area is 116 Å². The molecule has 0 amide bonds. The van der Waals surface area contributed by atoms with Gasteiger partial charge in [0.25, 0.3) is 0 Å². The maximum absolute atomic E-state index is 5.96. The monoisotopic (exact) mass is 305 g/mol. The van der Waals surface area contributed by atoms with Gasteiger partial charge in [0.05, 0.1) is 0 Å². The van der Waals surface area contributed by atoms with Crippen LogP contribution in [0.3, 0.4) is 0 Å². The van der Waals surface area contributed by atoms with Gasteiger partial charge in [0.2, 0.25) is 0 Å². The first-order valence-electron chi connectivity index (χ1n) is 5.81. The topological polar surface area (TPSA) is 35.2 Å². The average Bonchev–Trinajstić information content (AvgIpc) is 2.31. The van der Waals surface area contributed by atoms with Crippen molar-refractivity contribution in [2.45, 2.75) is 20.5 Å². The summed E-state index contributed by atoms with van der Waals surface area (Å²) in [5.74, 6) is 0.890. The smallest absolute Gasteiger partial charge is 0.122 e. The second kappa shape index (κ2) is 5.44. The number of rotatable bonds is 3. The number of benzene rings is 2. The average molecular weight is 306 g/mol. The zero-order valence-corrected chi connectivity index (χ0v) is 12.1. The normalized spacial score (nSPS) is 10.4. The van der Waals surface area contributed by atoms with Crippen molar-refractivity contribution >= 4 is 21.6 Å². The molecule has 0 aliphatic carbocycles. The molecule has 2 nitrogen and oxygen atoms in total. The van der Waals surface area contributed by atoms with Crippen LogP contribution in [-0.4, -0.2) is 0 Å². The molecule has 0 fully saturated rings. The SMILES string of the molecule is Cc1cc(Br)ccc1OCc1c(C)cccc1N. The third-order valence-electron chi connectivity index (χ3n) is 2.96. The van der Waals surface area contributed by atoms with E-state index in [1.165, 1.54) is 0 Å². The second-order valence-electron chi connectivity index (χ2n) is 4.34. The molecule has 2 rings (SSSR count). The van der Waals surface area contributed by atoms with Crippen LogP contribution in [-0.2, 0) is 6.61 Å². The minimum absolute atomic E-state index is 0.501. The van der Waals surface area contributed by atoms with Gasteiger partial charge in [-0.25, -0.2) is 0 Å². The van der Waals surface area contributed by atoms with E-state index in [1.54, 1.807) is 0 Å². The standard InChI is InChI=1S/C15H16BrNO/c1-10-4-3-5-14(17)13(10)9-18-15-7-6-12(16)8-11(15)2/h3-8H,9,17H2,1-2H3. The van der Waals surface area contributed by atoms with Crippen LogP contribution in [0, 0.1) is 13.8 Å². The third kappa shape index (κ3) is 2.85. The highest BCUT2D eigenvalue weighted by atomic mass is 79.9. The van der Waals surface area contributed by atoms with Gasteiger partial charge in [-0.3, -0.25) is 0 Å². The molecule has 3 heteroatoms. The van der Waals surface area contributed by atoms with Crippen molar-refractivity contribution < 1.29 is 4.74 Å². The number of nitrogen functional groups attached to an aromatic ring is 1. The van der Waals surface area contributed by atoms with Crippen LogP contribution < -0.4 is 10.5 Å². The quantitative estimate of drug-likeness (QED) is 0.861. The molecule has 0 aliphatic heterocycles. The Hall–Kier alpha value is -1.48. The molecule has 0 aromatic heterocycles. The molecular weight excluding hydrogens is 290 g/mol. The Bertz CT molecular complexity index is 546. The van der Waals surface area contributed by atoms with Crippen molar-refractivity contribution in [3.63, 3.8) is 0 Å². The van der Waals surface area contributed by atoms with Gasteiger partial charge in [-0.05, 0) is 49.2 Å². The first kappa shape index (κ1) is 13.0. The van der Waals surface area contributed by atoms with E-state index >= 15 is 0 Å². The number of ether oxygens (including phenoxy) is 1. The van der Waals surface area contributed by atoms with Crippen LogP contribution in [0.2, 0.25) is 0 Å². The summed E-state index contributed by atoms with van der Waals surface area (Å²) >= 11 is 3.44. The molecule has 2 N–H and O–H groups in total. The lowest BCUT2D eigenvalue weighted by atomic mass is 10.1. The Balaban J connectivity index is 2.16. The van der Waals surface area contributed by atoms with E-state index in [-0.39, 0.29) is 0 Å². The minimum atomic E-state index is 0.501. The summed E-state index contributed by atoms with van der Waals surface area (Å²) in [6.07, 6.45) is 0. The van der Waals surface area contributed by atoms with Crippen LogP contribution in [0.15, 0.2) is 40.9 Å². The zero-order chi connectivity index (χ0) is 13.1. The first-order valence-corrected chi connectivity index (χ1v) is 6.60. The van der Waals surface area contributed by atoms with E-state index in [1.807, 2.05) is 50.2 Å². The van der Waals surface area contributed by atoms with Crippen molar-refractivity contribution in [2.75, 3.05) is 5.73 Å². The van der Waals surface area contributed by atoms with Crippen molar-refractivity contribution in [3.8, 4) is 5.75 Å². The third-order valence-corrected chi connectivity index (χ3v) is 3.45. The Kier molecular flexibility index (Phi) is 3.92. The number of aryl methyl sites for hydroxylation is 2. The van der Waals surface area contributed by atoms with Gasteiger partial charge >= 0.3 is 0 Å². The molecule has 0 spiro atoms. The summed E-state index contributed by atoms with van der Waals surface area (Å²) in [7, 11) is 0. The van der Waals surface area contributed by atoms with Gasteiger partial charge in [-0.15, -0.1) is 0 Å². The van der Waals surface area contributed by atoms with E-state index in [0.29, 0.717) is 6.61 Å². The molecule has 2 aromatic carbocycles. The highest BCUT2D eigenvalue weighted by Gasteiger charge is 2.05. The molecule has 0 radical (unpaired) electrons. The van der Waals surface area contributed by atoms with Gasteiger partial charge in [0, 0.05) is 15.7 Å². The first-order chi connectivity index (χ1) is 8.58. The Morgan fingerprint density at radius 1 is 1.11 bits per heavy atom. The van der Waals surface area contributed by atoms with Crippen molar-refractivity contribution in [3.05, 3.63) is 57.6 Å². The van der Waals surface area contributed by atoms with Crippen molar-refractivity contribution in [1.29, 1.82) is 0 Å². The summed E-state index contributed by atoms with van der Waals surface area (Å²) in [6.45, 7) is 4.58. The lowest BCUT2D eigenvalue weighted by molar-refractivity contribution is 0.304. The van der Waals surface area contributed by atoms with Crippen molar-refractivity contribution in [2.24, 2.45) is 0 Å². The molecule has 0 saturated carbocycles. The lowest BCUT2D eigenvalue weighted by Crippen LogP contribution is -2.03. The molecule has 2 aromatic rings. The summed E-state index contributed by atoms with van der Waals surface area (Å²) in [5, 5.41) is 0. The minimum Gasteiger partial charge on any atom is -0.489 e. The van der Waals surface area contributed by atoms with Gasteiger partial charge in [0.15, 0.2) is 0 Å². The molecule has 0 aliphatic rings. The predicted octanol–water partition coefficient (Wildman–Crippen LogP) is 4.23. The predicted molar refractivity (Wildman–Crippen MR) is 78.8 cm³/mol. The number of hydrogen-bond donors (Lipinski definition) is 1. The fourth-order valence-electron chi connectivity index (χ4n) is 1.85. The fraction of sp³-hybridized carbons (Fsp3) is 0.200. The van der Waals surface area contributed by atoms with Crippen LogP contribution >= 0.6 is 15.9 Å². The molecule has 0 bridgehead atoms. The Morgan fingerprint density at radius 3 is 2.56 bits per heavy atom. The van der Waals surface area contributed by atoms with Crippen LogP contribution in [0.25, 0.3) is 0 Å². The summed E-state index contributed by atoms with van der Waals surface area (Å²) < 4.78 is 6.90. The summed E-state index contributed by atoms with van der Waals surface area (Å²) in [5.41, 5.74) is 10.1. The van der Waals surface area contributed by atoms with E-state index in [9.17, 15) is 0 Å². The van der Waals surface area contributed by atoms with E-state index in [4.69, 9.17) is 10.5 Å². The van der Waals surface area contributed by atoms with Gasteiger partial charge < -0.3 is 10.5 Å². The van der Waals surface area contributed by atoms with Crippen LogP contribution in [0.1, 0.15) is 16.7 Å². The number of halogens is 1. The molecule has 0 saturated heterocycles. The van der Waals surface area contributed by atoms with E-state index < -0.39 is 0 Å². The largest absolute Gasteiger partial charge is 0.489 e. The molecular formula is C15H16BrNO. The molecule has 18 heavy (non-hydrogen) atoms. The maximum Gasteiger partial charge on any atom is 0.122 e. The fourth-order valence-corrected chi connectivity index (χ4v) is 2.32. The number of hydrogen-bond acceptors (Lipinski definition) is 2. The van der Waals surface area contributed by atoms with Crippen LogP contribution in [0.4, 0.5) is 5.69 Å². The Morgan fingerprint density at radius 2 is 1.89 bits per heavy atom.